The fourth-order valence-corrected chi connectivity index (χ4v) is 17.5. The molecule has 3 aromatic carbocycles. The van der Waals surface area contributed by atoms with E-state index in [2.05, 4.69) is 0 Å². The van der Waals surface area contributed by atoms with E-state index >= 15 is 4.79 Å². The highest BCUT2D eigenvalue weighted by Gasteiger charge is 2.80. The summed E-state index contributed by atoms with van der Waals surface area (Å²) in [6.07, 6.45) is -12.3. The van der Waals surface area contributed by atoms with Crippen LogP contribution >= 0.6 is 0 Å². The summed E-state index contributed by atoms with van der Waals surface area (Å²) in [6, 6.07) is 20.5. The van der Waals surface area contributed by atoms with E-state index in [-0.39, 0.29) is 81.9 Å². The maximum Gasteiger partial charge on any atom is 0.516 e. The van der Waals surface area contributed by atoms with E-state index in [4.69, 9.17) is 37.9 Å². The van der Waals surface area contributed by atoms with Crippen molar-refractivity contribution in [2.45, 2.75) is 195 Å². The van der Waals surface area contributed by atoms with Crippen molar-refractivity contribution in [3.63, 3.8) is 0 Å². The smallest absolute Gasteiger partial charge is 0.455 e. The molecule has 8 aliphatic rings. The molecule has 24 heteroatoms. The van der Waals surface area contributed by atoms with Gasteiger partial charge in [-0.15, -0.1) is 0 Å². The van der Waals surface area contributed by atoms with Crippen molar-refractivity contribution in [1.29, 1.82) is 0 Å². The quantitative estimate of drug-likeness (QED) is 0.0339. The van der Waals surface area contributed by atoms with Crippen molar-refractivity contribution in [3.05, 3.63) is 134 Å². The minimum Gasteiger partial charge on any atom is -0.455 e. The molecule has 4 bridgehead atoms. The lowest BCUT2D eigenvalue weighted by Gasteiger charge is -2.67. The molecule has 2 aliphatic heterocycles. The summed E-state index contributed by atoms with van der Waals surface area (Å²) in [5.41, 5.74) is -11.3. The molecule has 2 saturated heterocycles. The van der Waals surface area contributed by atoms with Crippen LogP contribution in [0.1, 0.15) is 155 Å². The molecule has 0 radical (unpaired) electrons. The number of carbonyl (C=O) groups excluding carboxylic acids is 8. The maximum atomic E-state index is 15.3. The zero-order valence-corrected chi connectivity index (χ0v) is 53.3. The number of aliphatic hydroxyl groups excluding tert-OH is 3. The van der Waals surface area contributed by atoms with Crippen LogP contribution in [0.2, 0.25) is 0 Å². The number of aliphatic hydroxyl groups is 5. The van der Waals surface area contributed by atoms with Crippen molar-refractivity contribution >= 4 is 53.3 Å². The number of ketones is 2. The summed E-state index contributed by atoms with van der Waals surface area (Å²) < 4.78 is 47.0. The lowest BCUT2D eigenvalue weighted by molar-refractivity contribution is -0.384. The molecule has 6 aliphatic carbocycles. The van der Waals surface area contributed by atoms with Crippen LogP contribution < -0.4 is 0 Å². The van der Waals surface area contributed by atoms with Crippen LogP contribution in [0.15, 0.2) is 107 Å². The monoisotopic (exact) mass is 1310 g/mol. The van der Waals surface area contributed by atoms with Gasteiger partial charge in [0.1, 0.15) is 53.3 Å². The molecule has 94 heavy (non-hydrogen) atoms. The second-order valence-corrected chi connectivity index (χ2v) is 27.5. The number of nitro groups is 1. The predicted molar refractivity (Wildman–Crippen MR) is 333 cm³/mol. The van der Waals surface area contributed by atoms with Crippen LogP contribution in [0.3, 0.4) is 0 Å². The van der Waals surface area contributed by atoms with Crippen LogP contribution in [0, 0.1) is 55.4 Å². The van der Waals surface area contributed by atoms with Gasteiger partial charge in [-0.3, -0.25) is 29.3 Å². The van der Waals surface area contributed by atoms with Crippen LogP contribution in [0.5, 0.6) is 0 Å². The number of hydrogen-bond donors (Lipinski definition) is 5. The average molecular weight is 1310 g/mol. The second kappa shape index (κ2) is 25.2. The van der Waals surface area contributed by atoms with Crippen molar-refractivity contribution < 1.29 is 107 Å². The average Bonchev–Trinajstić information content (AvgIpc) is 0.677. The highest BCUT2D eigenvalue weighted by atomic mass is 16.7. The minimum absolute atomic E-state index is 0. The normalized spacial score (nSPS) is 37.0. The highest BCUT2D eigenvalue weighted by molar-refractivity contribution is 5.96. The van der Waals surface area contributed by atoms with Crippen molar-refractivity contribution in [2.75, 3.05) is 13.2 Å². The highest BCUT2D eigenvalue weighted by Crippen LogP contribution is 2.67. The Bertz CT molecular complexity index is 3600. The molecule has 2 unspecified atom stereocenters. The molecule has 3 aromatic rings. The van der Waals surface area contributed by atoms with Crippen molar-refractivity contribution in [3.8, 4) is 0 Å². The van der Waals surface area contributed by atoms with E-state index in [0.717, 1.165) is 31.2 Å². The van der Waals surface area contributed by atoms with Crippen LogP contribution in [0.4, 0.5) is 10.5 Å². The number of nitrogens with zero attached hydrogens (tertiary/aromatic N) is 1. The number of esters is 5. The molecule has 0 amide bonds. The third kappa shape index (κ3) is 10.9. The molecule has 2 heterocycles. The Morgan fingerprint density at radius 3 is 1.33 bits per heavy atom. The summed E-state index contributed by atoms with van der Waals surface area (Å²) in [7, 11) is 0. The molecule has 510 valence electrons. The molecular formula is C70H87NO23. The first-order chi connectivity index (χ1) is 42.9. The SMILES string of the molecule is C.C.CC(=O)O[C@@]12CO[C@@H]1C[C@H](O)[C@@]1(C)C(=O)[C@H](C)C3=C(C)[C@@H](O)C[C@@](O)([C@@H](OC(=O)c4ccccc4)C12)C3(C)C.CC(=O)O[C@@]12CO[C@@H]1C[C@H](OC(=O)OC(=O)c1ccc([N+](=O)[O-])cc1)[C@@]1(C)C(=O)[C@H](C)C3=C(C)[C@@H](O)C[C@@](O)([C@@H](OC(=O)c4ccccc4)C12)C3(C)C. The number of carbonyl (C=O) groups is 8. The third-order valence-corrected chi connectivity index (χ3v) is 22.2. The molecule has 6 fully saturated rings. The molecule has 0 aromatic heterocycles. The van der Waals surface area contributed by atoms with Crippen LogP contribution in [0.25, 0.3) is 0 Å². The number of fused-ring (bicyclic) bond motifs is 10. The lowest BCUT2D eigenvalue weighted by atomic mass is 9.43. The molecule has 5 N–H and O–H groups in total. The Hall–Kier alpha value is -7.58. The molecule has 4 saturated carbocycles. The number of non-ortho nitro benzene ring substituents is 1. The molecule has 18 atom stereocenters. The van der Waals surface area contributed by atoms with Gasteiger partial charge in [0, 0.05) is 74.3 Å². The fourth-order valence-electron chi connectivity index (χ4n) is 17.5. The van der Waals surface area contributed by atoms with Gasteiger partial charge in [-0.2, -0.15) is 0 Å². The van der Waals surface area contributed by atoms with Gasteiger partial charge in [0.25, 0.3) is 5.69 Å². The van der Waals surface area contributed by atoms with Crippen molar-refractivity contribution in [1.82, 2.24) is 0 Å². The zero-order valence-electron chi connectivity index (χ0n) is 53.3. The molecule has 24 nitrogen and oxygen atoms in total. The van der Waals surface area contributed by atoms with Gasteiger partial charge in [0.2, 0.25) is 0 Å². The molecule has 0 spiro atoms. The van der Waals surface area contributed by atoms with E-state index in [0.29, 0.717) is 22.3 Å². The first kappa shape index (κ1) is 72.3. The number of nitro benzene ring substituents is 1. The number of Topliss-reactive ketones (excluding diaryl/α,β-unsaturated/α-hetero) is 2. The Labute approximate surface area is 545 Å². The van der Waals surface area contributed by atoms with Gasteiger partial charge in [-0.25, -0.2) is 19.2 Å². The number of rotatable bonds is 9. The Morgan fingerprint density at radius 2 is 0.947 bits per heavy atom. The van der Waals surface area contributed by atoms with E-state index in [1.54, 1.807) is 111 Å². The van der Waals surface area contributed by atoms with Gasteiger partial charge in [0.15, 0.2) is 11.2 Å². The number of ether oxygens (including phenoxy) is 8. The van der Waals surface area contributed by atoms with Gasteiger partial charge in [-0.1, -0.05) is 92.8 Å². The van der Waals surface area contributed by atoms with Crippen LogP contribution in [-0.4, -0.2) is 162 Å². The fraction of sp³-hybridized carbons (Fsp3) is 0.571. The van der Waals surface area contributed by atoms with Gasteiger partial charge >= 0.3 is 36.0 Å². The first-order valence-electron chi connectivity index (χ1n) is 30.7. The molecule has 11 rings (SSSR count). The van der Waals surface area contributed by atoms with Crippen LogP contribution in [-0.2, 0) is 57.1 Å². The minimum atomic E-state index is -2.12. The van der Waals surface area contributed by atoms with Gasteiger partial charge in [-0.05, 0) is 86.4 Å². The van der Waals surface area contributed by atoms with E-state index in [1.165, 1.54) is 26.0 Å². The summed E-state index contributed by atoms with van der Waals surface area (Å²) in [6.45, 7) is 18.8. The summed E-state index contributed by atoms with van der Waals surface area (Å²) in [4.78, 5) is 119. The standard InChI is InChI=1S/C38H41NO14.C30H38O9.2CH4/c1-19-25(41)17-38(46)31(51-32(43)22-10-8-7-9-11-22)29-36(6,30(42)20(2)28(19)35(38,4)5)26(16-27-37(29,18-49-27)53-21(3)40)50-34(45)52-33(44)23-12-14-24(15-13-23)39(47)48;1-15-19(32)13-30(36)25(38-26(35)18-10-8-7-9-11-18)23-28(6,24(34)16(2)22(15)27(30,4)5)20(33)12-21-29(23,14-37-21)39-17(3)31;;/h7-15,20,25-27,29,31,41,46H,16-18H2,1-6H3;7-11,16,19-21,23,25,32-33,36H,12-14H2,1-6H3;2*1H4/t20-,25+,26+,27-,29?,31+,36-,37+,38-;16-,19+,20+,21-,23?,25+,28-,29+,30-;;/m11../s1. The van der Waals surface area contributed by atoms with Gasteiger partial charge < -0.3 is 63.4 Å². The number of benzene rings is 3. The topological polar surface area (TPSA) is 355 Å². The Balaban J connectivity index is 0.000000246. The van der Waals surface area contributed by atoms with E-state index in [1.807, 2.05) is 0 Å². The third-order valence-electron chi connectivity index (χ3n) is 22.2. The molecular weight excluding hydrogens is 1220 g/mol. The van der Waals surface area contributed by atoms with E-state index in [9.17, 15) is 69.2 Å². The Morgan fingerprint density at radius 1 is 0.564 bits per heavy atom. The Kier molecular flexibility index (Phi) is 19.4. The summed E-state index contributed by atoms with van der Waals surface area (Å²) >= 11 is 0. The lowest BCUT2D eigenvalue weighted by Crippen LogP contribution is -2.81. The van der Waals surface area contributed by atoms with Gasteiger partial charge in [0.05, 0.1) is 75.8 Å². The largest absolute Gasteiger partial charge is 0.516 e. The van der Waals surface area contributed by atoms with E-state index < -0.39 is 163 Å². The number of hydrogen-bond acceptors (Lipinski definition) is 23. The second-order valence-electron chi connectivity index (χ2n) is 27.5. The summed E-state index contributed by atoms with van der Waals surface area (Å²) in [5, 5.41) is 71.1. The maximum absolute atomic E-state index is 15.3. The first-order valence-corrected chi connectivity index (χ1v) is 30.7. The zero-order chi connectivity index (χ0) is 67.5. The summed E-state index contributed by atoms with van der Waals surface area (Å²) in [5.74, 6) is -9.51. The predicted octanol–water partition coefficient (Wildman–Crippen LogP) is 7.90. The van der Waals surface area contributed by atoms with Crippen molar-refractivity contribution in [2.24, 2.45) is 45.3 Å².